The lowest BCUT2D eigenvalue weighted by molar-refractivity contribution is 0.0690. The third-order valence-corrected chi connectivity index (χ3v) is 4.47. The summed E-state index contributed by atoms with van der Waals surface area (Å²) in [6.45, 7) is 0.295. The van der Waals surface area contributed by atoms with Crippen LogP contribution in [0.15, 0.2) is 18.3 Å². The first-order valence-electron chi connectivity index (χ1n) is 5.83. The van der Waals surface area contributed by atoms with Gasteiger partial charge in [-0.1, -0.05) is 0 Å². The number of anilines is 1. The second-order valence-corrected chi connectivity index (χ2v) is 6.61. The van der Waals surface area contributed by atoms with Crippen molar-refractivity contribution in [2.45, 2.75) is 0 Å². The first-order valence-corrected chi connectivity index (χ1v) is 7.65. The molecule has 2 amide bonds. The van der Waals surface area contributed by atoms with Gasteiger partial charge in [-0.3, -0.25) is 0 Å². The van der Waals surface area contributed by atoms with E-state index in [-0.39, 0.29) is 30.3 Å². The maximum Gasteiger partial charge on any atom is 0.354 e. The van der Waals surface area contributed by atoms with Crippen LogP contribution in [0.25, 0.3) is 0 Å². The van der Waals surface area contributed by atoms with Gasteiger partial charge in [-0.15, -0.1) is 0 Å². The van der Waals surface area contributed by atoms with Gasteiger partial charge in [0.15, 0.2) is 9.84 Å². The number of nitrogens with one attached hydrogen (secondary N) is 1. The van der Waals surface area contributed by atoms with Crippen molar-refractivity contribution < 1.29 is 23.1 Å². The molecular weight excluding hydrogens is 286 g/mol. The molecule has 108 valence electrons. The Bertz CT molecular complexity index is 612. The standard InChI is InChI=1S/C11H13N3O5S/c15-10(16)9-2-1-8(7-12-9)13-11(17)14-3-5-20(18,19)6-4-14/h1-2,7H,3-6H2,(H,13,17)(H,15,16). The topological polar surface area (TPSA) is 117 Å². The van der Waals surface area contributed by atoms with Crippen molar-refractivity contribution in [2.75, 3.05) is 29.9 Å². The summed E-state index contributed by atoms with van der Waals surface area (Å²) in [5.74, 6) is -1.24. The zero-order valence-electron chi connectivity index (χ0n) is 10.4. The number of carbonyl (C=O) groups is 2. The van der Waals surface area contributed by atoms with Crippen LogP contribution in [-0.2, 0) is 9.84 Å². The Morgan fingerprint density at radius 1 is 1.25 bits per heavy atom. The van der Waals surface area contributed by atoms with Crippen molar-refractivity contribution >= 4 is 27.5 Å². The molecule has 1 aliphatic rings. The number of nitrogens with zero attached hydrogens (tertiary/aromatic N) is 2. The number of carboxylic acid groups (broad SMARTS) is 1. The molecule has 1 aromatic rings. The highest BCUT2D eigenvalue weighted by Gasteiger charge is 2.24. The molecular formula is C11H13N3O5S. The van der Waals surface area contributed by atoms with E-state index in [1.165, 1.54) is 23.2 Å². The van der Waals surface area contributed by atoms with E-state index in [9.17, 15) is 18.0 Å². The third-order valence-electron chi connectivity index (χ3n) is 2.87. The van der Waals surface area contributed by atoms with Gasteiger partial charge in [-0.05, 0) is 12.1 Å². The van der Waals surface area contributed by atoms with E-state index in [0.29, 0.717) is 5.69 Å². The number of pyridine rings is 1. The molecule has 0 atom stereocenters. The van der Waals surface area contributed by atoms with Crippen LogP contribution in [0.1, 0.15) is 10.5 Å². The molecule has 1 aliphatic heterocycles. The highest BCUT2D eigenvalue weighted by Crippen LogP contribution is 2.10. The fraction of sp³-hybridized carbons (Fsp3) is 0.364. The first-order chi connectivity index (χ1) is 9.37. The summed E-state index contributed by atoms with van der Waals surface area (Å²) >= 11 is 0. The van der Waals surface area contributed by atoms with E-state index in [1.807, 2.05) is 0 Å². The number of urea groups is 1. The van der Waals surface area contributed by atoms with Crippen molar-refractivity contribution in [1.29, 1.82) is 0 Å². The number of amides is 2. The Labute approximate surface area is 115 Å². The van der Waals surface area contributed by atoms with Crippen LogP contribution in [0.4, 0.5) is 10.5 Å². The van der Waals surface area contributed by atoms with Crippen LogP contribution >= 0.6 is 0 Å². The zero-order chi connectivity index (χ0) is 14.8. The normalized spacial score (nSPS) is 17.5. The molecule has 2 rings (SSSR count). The SMILES string of the molecule is O=C(O)c1ccc(NC(=O)N2CCS(=O)(=O)CC2)cn1. The van der Waals surface area contributed by atoms with Crippen molar-refractivity contribution in [3.8, 4) is 0 Å². The predicted molar refractivity (Wildman–Crippen MR) is 70.4 cm³/mol. The lowest BCUT2D eigenvalue weighted by atomic mass is 10.3. The molecule has 1 aromatic heterocycles. The quantitative estimate of drug-likeness (QED) is 0.796. The molecule has 0 spiro atoms. The minimum atomic E-state index is -3.04. The third kappa shape index (κ3) is 3.44. The van der Waals surface area contributed by atoms with Gasteiger partial charge in [0.2, 0.25) is 0 Å². The average Bonchev–Trinajstić information content (AvgIpc) is 2.39. The van der Waals surface area contributed by atoms with E-state index in [2.05, 4.69) is 10.3 Å². The maximum atomic E-state index is 11.9. The Morgan fingerprint density at radius 2 is 1.90 bits per heavy atom. The largest absolute Gasteiger partial charge is 0.477 e. The Morgan fingerprint density at radius 3 is 2.40 bits per heavy atom. The minimum Gasteiger partial charge on any atom is -0.477 e. The van der Waals surface area contributed by atoms with E-state index in [0.717, 1.165) is 0 Å². The predicted octanol–water partition coefficient (Wildman–Crippen LogP) is 0.0421. The molecule has 1 fully saturated rings. The Hall–Kier alpha value is -2.16. The molecule has 0 aromatic carbocycles. The number of hydrogen-bond donors (Lipinski definition) is 2. The van der Waals surface area contributed by atoms with Gasteiger partial charge in [0.25, 0.3) is 0 Å². The number of carboxylic acids is 1. The Kier molecular flexibility index (Phi) is 3.89. The molecule has 0 unspecified atom stereocenters. The zero-order valence-corrected chi connectivity index (χ0v) is 11.3. The van der Waals surface area contributed by atoms with Gasteiger partial charge in [-0.25, -0.2) is 23.0 Å². The Balaban J connectivity index is 1.96. The monoisotopic (exact) mass is 299 g/mol. The number of aromatic nitrogens is 1. The molecule has 1 saturated heterocycles. The fourth-order valence-corrected chi connectivity index (χ4v) is 2.91. The van der Waals surface area contributed by atoms with Gasteiger partial charge >= 0.3 is 12.0 Å². The average molecular weight is 299 g/mol. The highest BCUT2D eigenvalue weighted by atomic mass is 32.2. The van der Waals surface area contributed by atoms with Crippen LogP contribution in [0.5, 0.6) is 0 Å². The van der Waals surface area contributed by atoms with Crippen molar-refractivity contribution in [1.82, 2.24) is 9.88 Å². The molecule has 2 N–H and O–H groups in total. The van der Waals surface area contributed by atoms with E-state index >= 15 is 0 Å². The van der Waals surface area contributed by atoms with Gasteiger partial charge in [-0.2, -0.15) is 0 Å². The molecule has 0 aliphatic carbocycles. The molecule has 2 heterocycles. The van der Waals surface area contributed by atoms with Crippen molar-refractivity contribution in [3.63, 3.8) is 0 Å². The summed E-state index contributed by atoms with van der Waals surface area (Å²) in [5.41, 5.74) is 0.237. The van der Waals surface area contributed by atoms with Crippen LogP contribution in [0.2, 0.25) is 0 Å². The van der Waals surface area contributed by atoms with Gasteiger partial charge in [0, 0.05) is 13.1 Å². The summed E-state index contributed by atoms with van der Waals surface area (Å²) in [6.07, 6.45) is 1.24. The van der Waals surface area contributed by atoms with E-state index in [1.54, 1.807) is 0 Å². The summed E-state index contributed by atoms with van der Waals surface area (Å²) in [5, 5.41) is 11.2. The number of rotatable bonds is 2. The molecule has 20 heavy (non-hydrogen) atoms. The first kappa shape index (κ1) is 14.3. The summed E-state index contributed by atoms with van der Waals surface area (Å²) < 4.78 is 22.5. The van der Waals surface area contributed by atoms with Crippen molar-refractivity contribution in [3.05, 3.63) is 24.0 Å². The van der Waals surface area contributed by atoms with E-state index < -0.39 is 21.8 Å². The molecule has 0 saturated carbocycles. The van der Waals surface area contributed by atoms with Crippen LogP contribution in [-0.4, -0.2) is 60.0 Å². The summed E-state index contributed by atoms with van der Waals surface area (Å²) in [4.78, 5) is 27.6. The smallest absolute Gasteiger partial charge is 0.354 e. The van der Waals surface area contributed by atoms with Gasteiger partial charge in [0.05, 0.1) is 23.4 Å². The lowest BCUT2D eigenvalue weighted by Crippen LogP contribution is -2.45. The number of aromatic carboxylic acids is 1. The van der Waals surface area contributed by atoms with Gasteiger partial charge in [0.1, 0.15) is 5.69 Å². The number of carbonyl (C=O) groups excluding carboxylic acids is 1. The van der Waals surface area contributed by atoms with E-state index in [4.69, 9.17) is 5.11 Å². The van der Waals surface area contributed by atoms with Gasteiger partial charge < -0.3 is 15.3 Å². The molecule has 9 heteroatoms. The second-order valence-electron chi connectivity index (χ2n) is 4.31. The van der Waals surface area contributed by atoms with Crippen LogP contribution in [0, 0.1) is 0 Å². The summed E-state index contributed by atoms with van der Waals surface area (Å²) in [6, 6.07) is 2.28. The maximum absolute atomic E-state index is 11.9. The van der Waals surface area contributed by atoms with Crippen LogP contribution < -0.4 is 5.32 Å². The van der Waals surface area contributed by atoms with Crippen molar-refractivity contribution in [2.24, 2.45) is 0 Å². The molecule has 0 bridgehead atoms. The molecule has 0 radical (unpaired) electrons. The number of hydrogen-bond acceptors (Lipinski definition) is 5. The lowest BCUT2D eigenvalue weighted by Gasteiger charge is -2.26. The minimum absolute atomic E-state index is 0.0450. The highest BCUT2D eigenvalue weighted by molar-refractivity contribution is 7.91. The van der Waals surface area contributed by atoms with Crippen LogP contribution in [0.3, 0.4) is 0 Å². The molecule has 8 nitrogen and oxygen atoms in total. The summed E-state index contributed by atoms with van der Waals surface area (Å²) in [7, 11) is -3.04. The fourth-order valence-electron chi connectivity index (χ4n) is 1.71. The number of sulfone groups is 1. The second kappa shape index (κ2) is 5.45.